The summed E-state index contributed by atoms with van der Waals surface area (Å²) in [5.74, 6) is 0. The number of fused-ring (bicyclic) bond motifs is 1. The Morgan fingerprint density at radius 1 is 1.19 bits per heavy atom. The summed E-state index contributed by atoms with van der Waals surface area (Å²) in [5, 5.41) is 3.56. The minimum atomic E-state index is 0.926. The molecule has 16 heavy (non-hydrogen) atoms. The van der Waals surface area contributed by atoms with Crippen LogP contribution < -0.4 is 5.73 Å². The van der Waals surface area contributed by atoms with Crippen molar-refractivity contribution in [1.82, 2.24) is 0 Å². The van der Waals surface area contributed by atoms with Gasteiger partial charge in [-0.1, -0.05) is 24.3 Å². The molecule has 3 rings (SSSR count). The average Bonchev–Trinajstić information content (AvgIpc) is 2.74. The molecule has 80 valence electrons. The highest BCUT2D eigenvalue weighted by Gasteiger charge is 2.12. The van der Waals surface area contributed by atoms with E-state index in [2.05, 4.69) is 35.7 Å². The lowest BCUT2D eigenvalue weighted by atomic mass is 9.95. The quantitative estimate of drug-likeness (QED) is 0.785. The normalized spacial score (nSPS) is 16.0. The van der Waals surface area contributed by atoms with E-state index in [1.54, 1.807) is 11.3 Å². The monoisotopic (exact) mass is 227 g/mol. The molecule has 1 nitrogen and oxygen atoms in total. The Bertz CT molecular complexity index is 590. The largest absolute Gasteiger partial charge is 0.398 e. The first-order valence-electron chi connectivity index (χ1n) is 5.48. The molecule has 0 atom stereocenters. The van der Waals surface area contributed by atoms with Gasteiger partial charge in [0.2, 0.25) is 0 Å². The number of nitrogens with two attached hydrogens (primary N) is 1. The Kier molecular flexibility index (Phi) is 2.29. The number of thiophene rings is 1. The predicted molar refractivity (Wildman–Crippen MR) is 71.3 cm³/mol. The van der Waals surface area contributed by atoms with Gasteiger partial charge in [0.15, 0.2) is 0 Å². The summed E-state index contributed by atoms with van der Waals surface area (Å²) in [6.45, 7) is 0. The van der Waals surface area contributed by atoms with Crippen molar-refractivity contribution in [2.75, 3.05) is 0 Å². The Hall–Kier alpha value is -1.54. The van der Waals surface area contributed by atoms with Crippen LogP contribution in [0.2, 0.25) is 0 Å². The summed E-state index contributed by atoms with van der Waals surface area (Å²) in [7, 11) is 0. The van der Waals surface area contributed by atoms with E-state index >= 15 is 0 Å². The molecule has 0 fully saturated rings. The van der Waals surface area contributed by atoms with E-state index in [1.165, 1.54) is 21.2 Å². The second-order valence-corrected chi connectivity index (χ2v) is 4.93. The van der Waals surface area contributed by atoms with Gasteiger partial charge in [-0.25, -0.2) is 0 Å². The summed E-state index contributed by atoms with van der Waals surface area (Å²) in [6.07, 6.45) is 6.34. The first kappa shape index (κ1) is 9.67. The second-order valence-electron chi connectivity index (χ2n) is 4.02. The Balaban J connectivity index is 2.23. The summed E-state index contributed by atoms with van der Waals surface area (Å²) in [4.78, 5) is 0. The molecule has 0 aliphatic heterocycles. The molecule has 1 heterocycles. The fourth-order valence-electron chi connectivity index (χ4n) is 2.18. The Morgan fingerprint density at radius 2 is 2.06 bits per heavy atom. The number of hydrogen-bond donors (Lipinski definition) is 1. The molecule has 0 radical (unpaired) electrons. The van der Waals surface area contributed by atoms with Gasteiger partial charge in [0.05, 0.1) is 0 Å². The van der Waals surface area contributed by atoms with Gasteiger partial charge in [-0.3, -0.25) is 0 Å². The van der Waals surface area contributed by atoms with Gasteiger partial charge in [0.1, 0.15) is 0 Å². The third-order valence-electron chi connectivity index (χ3n) is 3.01. The van der Waals surface area contributed by atoms with Crippen LogP contribution in [-0.4, -0.2) is 0 Å². The minimum absolute atomic E-state index is 0.926. The molecule has 1 aliphatic rings. The van der Waals surface area contributed by atoms with Crippen LogP contribution in [0.25, 0.3) is 15.7 Å². The van der Waals surface area contributed by atoms with Crippen molar-refractivity contribution in [3.63, 3.8) is 0 Å². The molecular weight excluding hydrogens is 214 g/mol. The van der Waals surface area contributed by atoms with Gasteiger partial charge < -0.3 is 5.73 Å². The van der Waals surface area contributed by atoms with Crippen LogP contribution in [0.15, 0.2) is 47.5 Å². The zero-order valence-corrected chi connectivity index (χ0v) is 9.76. The molecule has 1 aliphatic carbocycles. The zero-order chi connectivity index (χ0) is 11.0. The second kappa shape index (κ2) is 3.80. The molecule has 0 saturated carbocycles. The van der Waals surface area contributed by atoms with E-state index in [0.29, 0.717) is 0 Å². The highest BCUT2D eigenvalue weighted by atomic mass is 32.1. The van der Waals surface area contributed by atoms with Crippen LogP contribution in [0.5, 0.6) is 0 Å². The molecular formula is C14H13NS. The molecule has 1 aromatic heterocycles. The van der Waals surface area contributed by atoms with Gasteiger partial charge in [-0.05, 0) is 41.5 Å². The smallest absolute Gasteiger partial charge is 0.0350 e. The third kappa shape index (κ3) is 1.46. The molecule has 0 amide bonds. The first-order chi connectivity index (χ1) is 7.86. The number of benzene rings is 1. The van der Waals surface area contributed by atoms with Crippen molar-refractivity contribution in [2.45, 2.75) is 12.8 Å². The maximum absolute atomic E-state index is 6.06. The summed E-state index contributed by atoms with van der Waals surface area (Å²) in [6, 6.07) is 8.52. The van der Waals surface area contributed by atoms with E-state index in [1.807, 2.05) is 6.08 Å². The van der Waals surface area contributed by atoms with Crippen molar-refractivity contribution in [3.8, 4) is 0 Å². The summed E-state index contributed by atoms with van der Waals surface area (Å²) >= 11 is 1.80. The van der Waals surface area contributed by atoms with Crippen molar-refractivity contribution < 1.29 is 0 Å². The highest BCUT2D eigenvalue weighted by molar-refractivity contribution is 7.17. The summed E-state index contributed by atoms with van der Waals surface area (Å²) < 4.78 is 1.34. The van der Waals surface area contributed by atoms with Crippen molar-refractivity contribution >= 4 is 27.0 Å². The Morgan fingerprint density at radius 3 is 2.94 bits per heavy atom. The third-order valence-corrected chi connectivity index (χ3v) is 3.98. The Labute approximate surface area is 98.9 Å². The molecule has 2 aromatic rings. The van der Waals surface area contributed by atoms with E-state index < -0.39 is 0 Å². The minimum Gasteiger partial charge on any atom is -0.398 e. The predicted octanol–water partition coefficient (Wildman–Crippen LogP) is 3.92. The van der Waals surface area contributed by atoms with Gasteiger partial charge in [0.25, 0.3) is 0 Å². The number of rotatable bonds is 1. The highest BCUT2D eigenvalue weighted by Crippen LogP contribution is 2.35. The summed E-state index contributed by atoms with van der Waals surface area (Å²) in [5.41, 5.74) is 9.61. The van der Waals surface area contributed by atoms with Crippen LogP contribution in [0.4, 0.5) is 0 Å². The maximum atomic E-state index is 6.06. The lowest BCUT2D eigenvalue weighted by Gasteiger charge is -2.12. The number of allylic oxidation sites excluding steroid dienone is 3. The van der Waals surface area contributed by atoms with Crippen LogP contribution in [0, 0.1) is 0 Å². The van der Waals surface area contributed by atoms with Gasteiger partial charge in [-0.15, -0.1) is 11.3 Å². The van der Waals surface area contributed by atoms with Crippen molar-refractivity contribution in [1.29, 1.82) is 0 Å². The average molecular weight is 227 g/mol. The van der Waals surface area contributed by atoms with Gasteiger partial charge >= 0.3 is 0 Å². The van der Waals surface area contributed by atoms with E-state index in [9.17, 15) is 0 Å². The molecule has 0 spiro atoms. The molecule has 0 unspecified atom stereocenters. The molecule has 2 N–H and O–H groups in total. The topological polar surface area (TPSA) is 26.0 Å². The van der Waals surface area contributed by atoms with Crippen LogP contribution >= 0.6 is 11.3 Å². The fourth-order valence-corrected chi connectivity index (χ4v) is 3.16. The van der Waals surface area contributed by atoms with Gasteiger partial charge in [0, 0.05) is 15.8 Å². The molecule has 0 bridgehead atoms. The SMILES string of the molecule is NC1=C(c2csc3ccccc23)CCC=C1. The fraction of sp³-hybridized carbons (Fsp3) is 0.143. The van der Waals surface area contributed by atoms with E-state index in [4.69, 9.17) is 5.73 Å². The van der Waals surface area contributed by atoms with Crippen molar-refractivity contribution in [3.05, 3.63) is 53.1 Å². The lowest BCUT2D eigenvalue weighted by Crippen LogP contribution is -2.02. The van der Waals surface area contributed by atoms with Crippen LogP contribution in [0.1, 0.15) is 18.4 Å². The van der Waals surface area contributed by atoms with Crippen LogP contribution in [0.3, 0.4) is 0 Å². The number of hydrogen-bond acceptors (Lipinski definition) is 2. The maximum Gasteiger partial charge on any atom is 0.0350 e. The molecule has 0 saturated heterocycles. The zero-order valence-electron chi connectivity index (χ0n) is 8.94. The van der Waals surface area contributed by atoms with E-state index in [0.717, 1.165) is 18.5 Å². The molecule has 2 heteroatoms. The molecule has 1 aromatic carbocycles. The van der Waals surface area contributed by atoms with E-state index in [-0.39, 0.29) is 0 Å². The lowest BCUT2D eigenvalue weighted by molar-refractivity contribution is 1.03. The first-order valence-corrected chi connectivity index (χ1v) is 6.36. The van der Waals surface area contributed by atoms with Crippen LogP contribution in [-0.2, 0) is 0 Å². The van der Waals surface area contributed by atoms with Gasteiger partial charge in [-0.2, -0.15) is 0 Å². The standard InChI is InChI=1S/C14H13NS/c15-13-7-3-1-5-10(13)12-9-16-14-8-4-2-6-11(12)14/h2-4,6-9H,1,5,15H2. The van der Waals surface area contributed by atoms with Crippen molar-refractivity contribution in [2.24, 2.45) is 5.73 Å².